The molecular weight excluding hydrogens is 246 g/mol. The standard InChI is InChI=1S/C10H10ClN3OS/c1-6(9-13-7(2)14-15-9)16-10-8(11)4-3-5-12-10/h3-6H,1-2H3. The van der Waals surface area contributed by atoms with Crippen LogP contribution in [0.15, 0.2) is 27.9 Å². The lowest BCUT2D eigenvalue weighted by Gasteiger charge is -2.06. The van der Waals surface area contributed by atoms with Gasteiger partial charge in [0.05, 0.1) is 10.3 Å². The second kappa shape index (κ2) is 4.84. The van der Waals surface area contributed by atoms with Crippen molar-refractivity contribution in [1.82, 2.24) is 15.1 Å². The predicted molar refractivity (Wildman–Crippen MR) is 62.6 cm³/mol. The lowest BCUT2D eigenvalue weighted by molar-refractivity contribution is 0.376. The predicted octanol–water partition coefficient (Wildman–Crippen LogP) is 3.28. The number of rotatable bonds is 3. The molecule has 1 unspecified atom stereocenters. The fourth-order valence-electron chi connectivity index (χ4n) is 1.15. The molecule has 0 aliphatic rings. The lowest BCUT2D eigenvalue weighted by Crippen LogP contribution is -1.90. The molecule has 2 rings (SSSR count). The lowest BCUT2D eigenvalue weighted by atomic mass is 10.5. The minimum Gasteiger partial charge on any atom is -0.338 e. The third-order valence-corrected chi connectivity index (χ3v) is 3.42. The van der Waals surface area contributed by atoms with Crippen LogP contribution in [-0.2, 0) is 0 Å². The van der Waals surface area contributed by atoms with Gasteiger partial charge in [0.2, 0.25) is 5.89 Å². The Morgan fingerprint density at radius 3 is 2.94 bits per heavy atom. The van der Waals surface area contributed by atoms with Gasteiger partial charge < -0.3 is 4.52 Å². The van der Waals surface area contributed by atoms with E-state index < -0.39 is 0 Å². The maximum Gasteiger partial charge on any atom is 0.239 e. The SMILES string of the molecule is Cc1noc(C(C)Sc2ncccc2Cl)n1. The second-order valence-electron chi connectivity index (χ2n) is 3.23. The molecule has 84 valence electrons. The molecule has 4 nitrogen and oxygen atoms in total. The largest absolute Gasteiger partial charge is 0.338 e. The Kier molecular flexibility index (Phi) is 3.46. The second-order valence-corrected chi connectivity index (χ2v) is 4.97. The van der Waals surface area contributed by atoms with Gasteiger partial charge in [0.1, 0.15) is 5.03 Å². The van der Waals surface area contributed by atoms with E-state index in [1.54, 1.807) is 19.2 Å². The zero-order valence-electron chi connectivity index (χ0n) is 8.85. The van der Waals surface area contributed by atoms with Gasteiger partial charge in [0, 0.05) is 6.20 Å². The molecule has 0 amide bonds. The van der Waals surface area contributed by atoms with Gasteiger partial charge >= 0.3 is 0 Å². The molecule has 2 aromatic heterocycles. The highest BCUT2D eigenvalue weighted by Crippen LogP contribution is 2.35. The van der Waals surface area contributed by atoms with Crippen molar-refractivity contribution in [1.29, 1.82) is 0 Å². The summed E-state index contributed by atoms with van der Waals surface area (Å²) in [6, 6.07) is 3.61. The van der Waals surface area contributed by atoms with Crippen LogP contribution in [-0.4, -0.2) is 15.1 Å². The number of thioether (sulfide) groups is 1. The van der Waals surface area contributed by atoms with Crippen molar-refractivity contribution in [2.45, 2.75) is 24.1 Å². The van der Waals surface area contributed by atoms with Crippen LogP contribution in [0.5, 0.6) is 0 Å². The maximum atomic E-state index is 6.01. The molecule has 2 aromatic rings. The highest BCUT2D eigenvalue weighted by atomic mass is 35.5. The number of aromatic nitrogens is 3. The number of pyridine rings is 1. The van der Waals surface area contributed by atoms with E-state index in [-0.39, 0.29) is 5.25 Å². The molecule has 0 N–H and O–H groups in total. The summed E-state index contributed by atoms with van der Waals surface area (Å²) in [7, 11) is 0. The van der Waals surface area contributed by atoms with Gasteiger partial charge in [-0.05, 0) is 26.0 Å². The van der Waals surface area contributed by atoms with Crippen LogP contribution >= 0.6 is 23.4 Å². The number of hydrogen-bond donors (Lipinski definition) is 0. The van der Waals surface area contributed by atoms with Crippen LogP contribution in [0.2, 0.25) is 5.02 Å². The Hall–Kier alpha value is -1.07. The summed E-state index contributed by atoms with van der Waals surface area (Å²) in [6.07, 6.45) is 1.71. The third-order valence-electron chi connectivity index (χ3n) is 1.90. The Bertz CT molecular complexity index is 488. The zero-order valence-corrected chi connectivity index (χ0v) is 10.4. The molecule has 16 heavy (non-hydrogen) atoms. The number of nitrogens with zero attached hydrogens (tertiary/aromatic N) is 3. The normalized spacial score (nSPS) is 12.7. The quantitative estimate of drug-likeness (QED) is 0.788. The van der Waals surface area contributed by atoms with Crippen LogP contribution in [0.3, 0.4) is 0 Å². The van der Waals surface area contributed by atoms with Crippen molar-refractivity contribution in [2.24, 2.45) is 0 Å². The minimum absolute atomic E-state index is 0.0357. The minimum atomic E-state index is 0.0357. The highest BCUT2D eigenvalue weighted by Gasteiger charge is 2.16. The molecule has 1 atom stereocenters. The van der Waals surface area contributed by atoms with Crippen molar-refractivity contribution in [3.63, 3.8) is 0 Å². The van der Waals surface area contributed by atoms with E-state index in [0.717, 1.165) is 5.03 Å². The van der Waals surface area contributed by atoms with Gasteiger partial charge in [0.15, 0.2) is 5.82 Å². The average molecular weight is 256 g/mol. The molecule has 0 spiro atoms. The van der Waals surface area contributed by atoms with E-state index in [1.165, 1.54) is 11.8 Å². The Morgan fingerprint density at radius 1 is 1.50 bits per heavy atom. The van der Waals surface area contributed by atoms with Crippen LogP contribution in [0.4, 0.5) is 0 Å². The molecule has 2 heterocycles. The van der Waals surface area contributed by atoms with E-state index in [9.17, 15) is 0 Å². The molecule has 0 radical (unpaired) electrons. The van der Waals surface area contributed by atoms with Crippen molar-refractivity contribution >= 4 is 23.4 Å². The Balaban J connectivity index is 2.13. The fourth-order valence-corrected chi connectivity index (χ4v) is 2.24. The summed E-state index contributed by atoms with van der Waals surface area (Å²) in [5.41, 5.74) is 0. The van der Waals surface area contributed by atoms with Crippen molar-refractivity contribution < 1.29 is 4.52 Å². The fraction of sp³-hybridized carbons (Fsp3) is 0.300. The average Bonchev–Trinajstić information content (AvgIpc) is 2.68. The van der Waals surface area contributed by atoms with Gasteiger partial charge in [-0.3, -0.25) is 0 Å². The highest BCUT2D eigenvalue weighted by molar-refractivity contribution is 7.99. The summed E-state index contributed by atoms with van der Waals surface area (Å²) in [6.45, 7) is 3.76. The van der Waals surface area contributed by atoms with E-state index in [2.05, 4.69) is 15.1 Å². The van der Waals surface area contributed by atoms with Crippen molar-refractivity contribution in [2.75, 3.05) is 0 Å². The number of hydrogen-bond acceptors (Lipinski definition) is 5. The Labute approximate surface area is 102 Å². The maximum absolute atomic E-state index is 6.01. The summed E-state index contributed by atoms with van der Waals surface area (Å²) >= 11 is 7.51. The molecule has 0 fully saturated rings. The van der Waals surface area contributed by atoms with Gasteiger partial charge in [-0.1, -0.05) is 28.5 Å². The van der Waals surface area contributed by atoms with E-state index in [0.29, 0.717) is 16.7 Å². The first-order chi connectivity index (χ1) is 7.66. The smallest absolute Gasteiger partial charge is 0.239 e. The first-order valence-electron chi connectivity index (χ1n) is 4.74. The van der Waals surface area contributed by atoms with E-state index >= 15 is 0 Å². The number of aryl methyl sites for hydroxylation is 1. The first kappa shape index (κ1) is 11.4. The summed E-state index contributed by atoms with van der Waals surface area (Å²) in [5.74, 6) is 1.22. The topological polar surface area (TPSA) is 51.8 Å². The molecule has 0 saturated heterocycles. The summed E-state index contributed by atoms with van der Waals surface area (Å²) < 4.78 is 5.09. The molecule has 0 bridgehead atoms. The molecule has 0 saturated carbocycles. The van der Waals surface area contributed by atoms with E-state index in [4.69, 9.17) is 16.1 Å². The molecular formula is C10H10ClN3OS. The van der Waals surface area contributed by atoms with Gasteiger partial charge in [-0.25, -0.2) is 4.98 Å². The Morgan fingerprint density at radius 2 is 2.31 bits per heavy atom. The number of halogens is 1. The van der Waals surface area contributed by atoms with Crippen LogP contribution in [0.1, 0.15) is 23.9 Å². The van der Waals surface area contributed by atoms with Gasteiger partial charge in [0.25, 0.3) is 0 Å². The monoisotopic (exact) mass is 255 g/mol. The first-order valence-corrected chi connectivity index (χ1v) is 6.00. The third kappa shape index (κ3) is 2.54. The van der Waals surface area contributed by atoms with Crippen molar-refractivity contribution in [3.05, 3.63) is 35.1 Å². The van der Waals surface area contributed by atoms with Crippen molar-refractivity contribution in [3.8, 4) is 0 Å². The van der Waals surface area contributed by atoms with Crippen LogP contribution in [0.25, 0.3) is 0 Å². The van der Waals surface area contributed by atoms with Gasteiger partial charge in [-0.2, -0.15) is 4.98 Å². The van der Waals surface area contributed by atoms with Crippen LogP contribution in [0, 0.1) is 6.92 Å². The summed E-state index contributed by atoms with van der Waals surface area (Å²) in [5, 5.41) is 5.19. The van der Waals surface area contributed by atoms with Crippen LogP contribution < -0.4 is 0 Å². The zero-order chi connectivity index (χ0) is 11.5. The van der Waals surface area contributed by atoms with Gasteiger partial charge in [-0.15, -0.1) is 0 Å². The molecule has 0 aliphatic heterocycles. The molecule has 0 aliphatic carbocycles. The molecule has 0 aromatic carbocycles. The van der Waals surface area contributed by atoms with E-state index in [1.807, 2.05) is 13.0 Å². The molecule has 6 heteroatoms. The summed E-state index contributed by atoms with van der Waals surface area (Å²) in [4.78, 5) is 8.36.